The summed E-state index contributed by atoms with van der Waals surface area (Å²) in [6, 6.07) is 3.28. The first-order chi connectivity index (χ1) is 10.7. The number of ether oxygens (including phenoxy) is 1. The fourth-order valence-corrected chi connectivity index (χ4v) is 2.91. The van der Waals surface area contributed by atoms with Gasteiger partial charge in [0.25, 0.3) is 10.0 Å². The molecule has 0 bridgehead atoms. The maximum Gasteiger partial charge on any atom is 0.338 e. The number of aromatic nitrogens is 2. The zero-order valence-electron chi connectivity index (χ0n) is 13.4. The minimum absolute atomic E-state index is 0.335. The summed E-state index contributed by atoms with van der Waals surface area (Å²) in [5.41, 5.74) is 8.45. The van der Waals surface area contributed by atoms with E-state index in [-0.39, 0.29) is 0 Å². The van der Waals surface area contributed by atoms with Crippen LogP contribution in [0.15, 0.2) is 24.5 Å². The molecule has 0 aliphatic carbocycles. The van der Waals surface area contributed by atoms with Gasteiger partial charge in [-0.15, -0.1) is 0 Å². The van der Waals surface area contributed by atoms with Crippen molar-refractivity contribution in [3.63, 3.8) is 0 Å². The molecule has 124 valence electrons. The highest BCUT2D eigenvalue weighted by atomic mass is 32.2. The number of benzene rings is 1. The van der Waals surface area contributed by atoms with Crippen molar-refractivity contribution in [3.05, 3.63) is 35.7 Å². The fourth-order valence-electron chi connectivity index (χ4n) is 2.03. The lowest BCUT2D eigenvalue weighted by Gasteiger charge is -2.10. The van der Waals surface area contributed by atoms with Gasteiger partial charge in [0.05, 0.1) is 30.3 Å². The maximum atomic E-state index is 12.1. The number of rotatable bonds is 4. The Hall–Kier alpha value is -2.35. The molecule has 23 heavy (non-hydrogen) atoms. The minimum atomic E-state index is -3.53. The van der Waals surface area contributed by atoms with Gasteiger partial charge in [0.1, 0.15) is 0 Å². The molecule has 1 aromatic heterocycles. The first-order valence-corrected chi connectivity index (χ1v) is 8.46. The van der Waals surface area contributed by atoms with Crippen LogP contribution in [-0.2, 0) is 14.8 Å². The van der Waals surface area contributed by atoms with Crippen LogP contribution in [0.2, 0.25) is 0 Å². The van der Waals surface area contributed by atoms with E-state index in [2.05, 4.69) is 5.10 Å². The molecule has 1 heterocycles. The molecular weight excluding hydrogens is 318 g/mol. The quantitative estimate of drug-likeness (QED) is 0.674. The highest BCUT2D eigenvalue weighted by Crippen LogP contribution is 2.27. The standard InChI is InChI=1S/C15H19N3O4S/c1-9(2)23(20,21)18-8-12(7-17-18)11-5-13(15(19)22-4)10(3)14(16)6-11/h5-9H,16H2,1-4H3. The van der Waals surface area contributed by atoms with Gasteiger partial charge in [-0.05, 0) is 44.0 Å². The Labute approximate surface area is 135 Å². The second kappa shape index (κ2) is 6.04. The number of carbonyl (C=O) groups is 1. The molecule has 8 heteroatoms. The van der Waals surface area contributed by atoms with E-state index in [1.54, 1.807) is 32.9 Å². The summed E-state index contributed by atoms with van der Waals surface area (Å²) in [4.78, 5) is 11.8. The predicted octanol–water partition coefficient (Wildman–Crippen LogP) is 1.81. The Balaban J connectivity index is 2.54. The second-order valence-corrected chi connectivity index (χ2v) is 7.77. The third kappa shape index (κ3) is 3.07. The number of nitrogens with zero attached hydrogens (tertiary/aromatic N) is 2. The number of esters is 1. The van der Waals surface area contributed by atoms with Gasteiger partial charge in [-0.1, -0.05) is 0 Å². The molecule has 0 fully saturated rings. The smallest absolute Gasteiger partial charge is 0.338 e. The third-order valence-corrected chi connectivity index (χ3v) is 5.52. The van der Waals surface area contributed by atoms with Gasteiger partial charge in [-0.25, -0.2) is 13.2 Å². The lowest BCUT2D eigenvalue weighted by Crippen LogP contribution is -2.22. The van der Waals surface area contributed by atoms with Crippen LogP contribution in [0.3, 0.4) is 0 Å². The average Bonchev–Trinajstić information content (AvgIpc) is 2.99. The fraction of sp³-hybridized carbons (Fsp3) is 0.333. The Morgan fingerprint density at radius 2 is 1.96 bits per heavy atom. The Morgan fingerprint density at radius 3 is 2.52 bits per heavy atom. The normalized spacial score (nSPS) is 11.7. The van der Waals surface area contributed by atoms with Gasteiger partial charge < -0.3 is 10.5 Å². The van der Waals surface area contributed by atoms with Crippen molar-refractivity contribution in [3.8, 4) is 11.1 Å². The van der Waals surface area contributed by atoms with Crippen LogP contribution in [0.4, 0.5) is 5.69 Å². The number of methoxy groups -OCH3 is 1. The highest BCUT2D eigenvalue weighted by Gasteiger charge is 2.21. The van der Waals surface area contributed by atoms with Crippen LogP contribution in [0, 0.1) is 6.92 Å². The van der Waals surface area contributed by atoms with Gasteiger partial charge in [0.15, 0.2) is 0 Å². The van der Waals surface area contributed by atoms with E-state index in [0.29, 0.717) is 27.9 Å². The van der Waals surface area contributed by atoms with E-state index >= 15 is 0 Å². The molecule has 2 aromatic rings. The van der Waals surface area contributed by atoms with Crippen molar-refractivity contribution >= 4 is 21.7 Å². The van der Waals surface area contributed by atoms with Crippen LogP contribution in [0.5, 0.6) is 0 Å². The third-order valence-electron chi connectivity index (χ3n) is 3.60. The number of nitrogens with two attached hydrogens (primary N) is 1. The van der Waals surface area contributed by atoms with E-state index in [4.69, 9.17) is 10.5 Å². The molecule has 0 aliphatic heterocycles. The van der Waals surface area contributed by atoms with Crippen molar-refractivity contribution in [2.24, 2.45) is 0 Å². The molecule has 2 N–H and O–H groups in total. The van der Waals surface area contributed by atoms with E-state index in [1.807, 2.05) is 0 Å². The zero-order valence-corrected chi connectivity index (χ0v) is 14.2. The van der Waals surface area contributed by atoms with Crippen molar-refractivity contribution in [1.82, 2.24) is 9.19 Å². The van der Waals surface area contributed by atoms with Crippen LogP contribution in [0.1, 0.15) is 29.8 Å². The highest BCUT2D eigenvalue weighted by molar-refractivity contribution is 7.90. The molecule has 0 saturated carbocycles. The summed E-state index contributed by atoms with van der Waals surface area (Å²) in [7, 11) is -2.24. The predicted molar refractivity (Wildman–Crippen MR) is 87.6 cm³/mol. The molecule has 0 radical (unpaired) electrons. The second-order valence-electron chi connectivity index (χ2n) is 5.42. The summed E-state index contributed by atoms with van der Waals surface area (Å²) in [5, 5.41) is 3.31. The van der Waals surface area contributed by atoms with Crippen molar-refractivity contribution in [2.75, 3.05) is 12.8 Å². The molecule has 0 spiro atoms. The maximum absolute atomic E-state index is 12.1. The monoisotopic (exact) mass is 337 g/mol. The van der Waals surface area contributed by atoms with Gasteiger partial charge in [-0.2, -0.15) is 9.19 Å². The molecule has 0 saturated heterocycles. The Bertz CT molecular complexity index is 854. The lowest BCUT2D eigenvalue weighted by molar-refractivity contribution is 0.0600. The summed E-state index contributed by atoms with van der Waals surface area (Å²) in [6.07, 6.45) is 2.82. The van der Waals surface area contributed by atoms with Crippen LogP contribution in [0.25, 0.3) is 11.1 Å². The Kier molecular flexibility index (Phi) is 4.46. The molecule has 0 amide bonds. The van der Waals surface area contributed by atoms with Gasteiger partial charge in [0, 0.05) is 11.3 Å². The Morgan fingerprint density at radius 1 is 1.30 bits per heavy atom. The zero-order chi connectivity index (χ0) is 17.4. The van der Waals surface area contributed by atoms with Crippen molar-refractivity contribution in [2.45, 2.75) is 26.0 Å². The average molecular weight is 337 g/mol. The van der Waals surface area contributed by atoms with Crippen LogP contribution in [-0.4, -0.2) is 35.9 Å². The molecule has 2 rings (SSSR count). The van der Waals surface area contributed by atoms with Crippen LogP contribution >= 0.6 is 0 Å². The van der Waals surface area contributed by atoms with Crippen LogP contribution < -0.4 is 5.73 Å². The number of anilines is 1. The van der Waals surface area contributed by atoms with Gasteiger partial charge in [-0.3, -0.25) is 0 Å². The summed E-state index contributed by atoms with van der Waals surface area (Å²) >= 11 is 0. The SMILES string of the molecule is COC(=O)c1cc(-c2cnn(S(=O)(=O)C(C)C)c2)cc(N)c1C. The van der Waals surface area contributed by atoms with Gasteiger partial charge >= 0.3 is 5.97 Å². The molecule has 0 aliphatic rings. The number of nitrogen functional groups attached to an aromatic ring is 1. The first kappa shape index (κ1) is 17.0. The van der Waals surface area contributed by atoms with E-state index in [1.165, 1.54) is 19.5 Å². The topological polar surface area (TPSA) is 104 Å². The largest absolute Gasteiger partial charge is 0.465 e. The number of hydrogen-bond donors (Lipinski definition) is 1. The van der Waals surface area contributed by atoms with E-state index in [0.717, 1.165) is 4.09 Å². The van der Waals surface area contributed by atoms with E-state index in [9.17, 15) is 13.2 Å². The summed E-state index contributed by atoms with van der Waals surface area (Å²) in [6.45, 7) is 4.88. The summed E-state index contributed by atoms with van der Waals surface area (Å²) in [5.74, 6) is -0.502. The van der Waals surface area contributed by atoms with Gasteiger partial charge in [0.2, 0.25) is 0 Å². The molecule has 7 nitrogen and oxygen atoms in total. The molecular formula is C15H19N3O4S. The summed E-state index contributed by atoms with van der Waals surface area (Å²) < 4.78 is 29.9. The van der Waals surface area contributed by atoms with E-state index < -0.39 is 21.2 Å². The van der Waals surface area contributed by atoms with Crippen molar-refractivity contribution < 1.29 is 17.9 Å². The first-order valence-electron chi connectivity index (χ1n) is 6.96. The molecule has 1 aromatic carbocycles. The number of carbonyl (C=O) groups excluding carboxylic acids is 1. The molecule has 0 unspecified atom stereocenters. The number of hydrogen-bond acceptors (Lipinski definition) is 6. The van der Waals surface area contributed by atoms with Crippen molar-refractivity contribution in [1.29, 1.82) is 0 Å². The minimum Gasteiger partial charge on any atom is -0.465 e. The molecule has 0 atom stereocenters. The lowest BCUT2D eigenvalue weighted by atomic mass is 10.00.